The van der Waals surface area contributed by atoms with Crippen LogP contribution in [0.2, 0.25) is 0 Å². The maximum atomic E-state index is 12.0. The summed E-state index contributed by atoms with van der Waals surface area (Å²) in [5.74, 6) is -0.387. The van der Waals surface area contributed by atoms with Crippen molar-refractivity contribution in [2.45, 2.75) is 26.0 Å². The number of pyridine rings is 1. The zero-order valence-corrected chi connectivity index (χ0v) is 9.21. The van der Waals surface area contributed by atoms with Crippen molar-refractivity contribution in [3.63, 3.8) is 0 Å². The molecule has 0 unspecified atom stereocenters. The van der Waals surface area contributed by atoms with E-state index >= 15 is 0 Å². The molecule has 1 aliphatic heterocycles. The summed E-state index contributed by atoms with van der Waals surface area (Å²) < 4.78 is 0. The van der Waals surface area contributed by atoms with Crippen LogP contribution < -0.4 is 0 Å². The van der Waals surface area contributed by atoms with Gasteiger partial charge in [-0.05, 0) is 26.0 Å². The first-order valence-electron chi connectivity index (χ1n) is 5.03. The van der Waals surface area contributed by atoms with Crippen LogP contribution in [0.4, 0.5) is 0 Å². The highest BCUT2D eigenvalue weighted by Crippen LogP contribution is 2.25. The number of aliphatic hydroxyl groups is 1. The summed E-state index contributed by atoms with van der Waals surface area (Å²) in [5, 5.41) is 15.1. The smallest absolute Gasteiger partial charge is 0.295 e. The molecule has 1 N–H and O–H groups in total. The van der Waals surface area contributed by atoms with Crippen molar-refractivity contribution < 1.29 is 9.90 Å². The SMILES string of the molecule is CC1=NN(C(=O)c2ccccn2)[C@@](C)(O)C1. The monoisotopic (exact) mass is 219 g/mol. The summed E-state index contributed by atoms with van der Waals surface area (Å²) >= 11 is 0. The van der Waals surface area contributed by atoms with Crippen molar-refractivity contribution in [1.29, 1.82) is 0 Å². The molecule has 5 heteroatoms. The molecule has 2 rings (SSSR count). The molecular formula is C11H13N3O2. The number of hydrogen-bond acceptors (Lipinski definition) is 4. The van der Waals surface area contributed by atoms with Crippen LogP contribution in [-0.4, -0.2) is 32.4 Å². The highest BCUT2D eigenvalue weighted by atomic mass is 16.3. The van der Waals surface area contributed by atoms with Gasteiger partial charge in [0.05, 0.1) is 0 Å². The molecule has 0 spiro atoms. The lowest BCUT2D eigenvalue weighted by atomic mass is 10.1. The fourth-order valence-corrected chi connectivity index (χ4v) is 1.74. The lowest BCUT2D eigenvalue weighted by Crippen LogP contribution is -2.43. The molecule has 1 amide bonds. The Bertz CT molecular complexity index is 440. The fraction of sp³-hybridized carbons (Fsp3) is 0.364. The second kappa shape index (κ2) is 3.68. The summed E-state index contributed by atoms with van der Waals surface area (Å²) in [6, 6.07) is 5.05. The van der Waals surface area contributed by atoms with Crippen LogP contribution in [0.25, 0.3) is 0 Å². The van der Waals surface area contributed by atoms with Crippen LogP contribution >= 0.6 is 0 Å². The molecule has 0 aliphatic carbocycles. The average Bonchev–Trinajstić information content (AvgIpc) is 2.52. The first kappa shape index (κ1) is 10.8. The topological polar surface area (TPSA) is 65.8 Å². The summed E-state index contributed by atoms with van der Waals surface area (Å²) in [5.41, 5.74) is -0.242. The molecule has 1 aliphatic rings. The third kappa shape index (κ3) is 1.81. The van der Waals surface area contributed by atoms with Gasteiger partial charge in [0.2, 0.25) is 0 Å². The number of hydrogen-bond donors (Lipinski definition) is 1. The molecule has 5 nitrogen and oxygen atoms in total. The highest BCUT2D eigenvalue weighted by Gasteiger charge is 2.39. The number of amides is 1. The van der Waals surface area contributed by atoms with Crippen LogP contribution in [0.15, 0.2) is 29.5 Å². The zero-order chi connectivity index (χ0) is 11.8. The van der Waals surface area contributed by atoms with E-state index in [0.717, 1.165) is 10.7 Å². The quantitative estimate of drug-likeness (QED) is 0.766. The minimum atomic E-state index is -1.25. The van der Waals surface area contributed by atoms with Gasteiger partial charge in [0.15, 0.2) is 5.72 Å². The number of aromatic nitrogens is 1. The molecule has 0 aromatic carbocycles. The van der Waals surface area contributed by atoms with Gasteiger partial charge in [-0.25, -0.2) is 0 Å². The Labute approximate surface area is 93.4 Å². The van der Waals surface area contributed by atoms with Gasteiger partial charge in [-0.1, -0.05) is 6.07 Å². The maximum Gasteiger partial charge on any atom is 0.295 e. The molecule has 0 bridgehead atoms. The third-order valence-electron chi connectivity index (χ3n) is 2.39. The van der Waals surface area contributed by atoms with E-state index in [1.54, 1.807) is 32.0 Å². The standard InChI is InChI=1S/C11H13N3O2/c1-8-7-11(2,16)14(13-8)10(15)9-5-3-4-6-12-9/h3-6,16H,7H2,1-2H3/t11-/m0/s1. The van der Waals surface area contributed by atoms with Gasteiger partial charge in [0.25, 0.3) is 5.91 Å². The molecule has 0 saturated heterocycles. The zero-order valence-electron chi connectivity index (χ0n) is 9.21. The van der Waals surface area contributed by atoms with E-state index in [9.17, 15) is 9.90 Å². The van der Waals surface area contributed by atoms with Gasteiger partial charge in [0, 0.05) is 18.3 Å². The minimum Gasteiger partial charge on any atom is -0.369 e. The molecule has 0 saturated carbocycles. The largest absolute Gasteiger partial charge is 0.369 e. The Morgan fingerprint density at radius 1 is 1.56 bits per heavy atom. The number of hydrazone groups is 1. The van der Waals surface area contributed by atoms with E-state index in [1.807, 2.05) is 0 Å². The van der Waals surface area contributed by atoms with Gasteiger partial charge in [0.1, 0.15) is 5.69 Å². The van der Waals surface area contributed by atoms with Crippen molar-refractivity contribution in [1.82, 2.24) is 9.99 Å². The summed E-state index contributed by atoms with van der Waals surface area (Å²) in [6.07, 6.45) is 1.90. The van der Waals surface area contributed by atoms with Gasteiger partial charge >= 0.3 is 0 Å². The normalized spacial score (nSPS) is 24.4. The number of nitrogens with zero attached hydrogens (tertiary/aromatic N) is 3. The van der Waals surface area contributed by atoms with Gasteiger partial charge in [-0.15, -0.1) is 0 Å². The summed E-state index contributed by atoms with van der Waals surface area (Å²) in [7, 11) is 0. The Hall–Kier alpha value is -1.75. The van der Waals surface area contributed by atoms with Crippen LogP contribution in [-0.2, 0) is 0 Å². The molecule has 16 heavy (non-hydrogen) atoms. The molecule has 1 atom stereocenters. The van der Waals surface area contributed by atoms with Crippen molar-refractivity contribution in [2.24, 2.45) is 5.10 Å². The van der Waals surface area contributed by atoms with Crippen molar-refractivity contribution in [3.8, 4) is 0 Å². The third-order valence-corrected chi connectivity index (χ3v) is 2.39. The van der Waals surface area contributed by atoms with Gasteiger partial charge < -0.3 is 5.11 Å². The molecule has 0 fully saturated rings. The number of carbonyl (C=O) groups excluding carboxylic acids is 1. The number of carbonyl (C=O) groups is 1. The Morgan fingerprint density at radius 3 is 2.81 bits per heavy atom. The average molecular weight is 219 g/mol. The lowest BCUT2D eigenvalue weighted by Gasteiger charge is -2.26. The lowest BCUT2D eigenvalue weighted by molar-refractivity contribution is -0.0556. The second-order valence-electron chi connectivity index (χ2n) is 4.06. The minimum absolute atomic E-state index is 0.279. The number of rotatable bonds is 1. The van der Waals surface area contributed by atoms with Crippen LogP contribution in [0.1, 0.15) is 30.8 Å². The van der Waals surface area contributed by atoms with Crippen LogP contribution in [0.3, 0.4) is 0 Å². The van der Waals surface area contributed by atoms with E-state index in [4.69, 9.17) is 0 Å². The molecule has 0 radical (unpaired) electrons. The Kier molecular flexibility index (Phi) is 2.47. The van der Waals surface area contributed by atoms with Crippen LogP contribution in [0, 0.1) is 0 Å². The van der Waals surface area contributed by atoms with E-state index in [0.29, 0.717) is 6.42 Å². The van der Waals surface area contributed by atoms with Crippen LogP contribution in [0.5, 0.6) is 0 Å². The Balaban J connectivity index is 2.30. The summed E-state index contributed by atoms with van der Waals surface area (Å²) in [4.78, 5) is 15.9. The maximum absolute atomic E-state index is 12.0. The van der Waals surface area contributed by atoms with E-state index in [-0.39, 0.29) is 11.6 Å². The van der Waals surface area contributed by atoms with Crippen molar-refractivity contribution in [3.05, 3.63) is 30.1 Å². The Morgan fingerprint density at radius 2 is 2.31 bits per heavy atom. The molecule has 1 aromatic rings. The molecule has 1 aromatic heterocycles. The second-order valence-corrected chi connectivity index (χ2v) is 4.06. The highest BCUT2D eigenvalue weighted by molar-refractivity contribution is 5.96. The van der Waals surface area contributed by atoms with Crippen molar-refractivity contribution in [2.75, 3.05) is 0 Å². The summed E-state index contributed by atoms with van der Waals surface area (Å²) in [6.45, 7) is 3.34. The van der Waals surface area contributed by atoms with E-state index < -0.39 is 5.72 Å². The molecule has 84 valence electrons. The van der Waals surface area contributed by atoms with Gasteiger partial charge in [-0.2, -0.15) is 10.1 Å². The van der Waals surface area contributed by atoms with Gasteiger partial charge in [-0.3, -0.25) is 9.78 Å². The fourth-order valence-electron chi connectivity index (χ4n) is 1.74. The van der Waals surface area contributed by atoms with Crippen molar-refractivity contribution >= 4 is 11.6 Å². The van der Waals surface area contributed by atoms with E-state index in [2.05, 4.69) is 10.1 Å². The first-order valence-corrected chi connectivity index (χ1v) is 5.03. The predicted octanol–water partition coefficient (Wildman–Crippen LogP) is 1.01. The first-order chi connectivity index (χ1) is 7.50. The van der Waals surface area contributed by atoms with E-state index in [1.165, 1.54) is 6.20 Å². The molecule has 2 heterocycles. The predicted molar refractivity (Wildman–Crippen MR) is 58.8 cm³/mol. The molecular weight excluding hydrogens is 206 g/mol.